The summed E-state index contributed by atoms with van der Waals surface area (Å²) in [7, 11) is 3.85. The molecular weight excluding hydrogens is 162 g/mol. The predicted octanol–water partition coefficient (Wildman–Crippen LogP) is 1.10. The van der Waals surface area contributed by atoms with E-state index in [0.717, 1.165) is 18.1 Å². The Balaban J connectivity index is 2.98. The molecule has 1 rings (SSSR count). The molecule has 4 heteroatoms. The molecule has 0 spiro atoms. The fraction of sp³-hybridized carbons (Fsp3) is 0.571. The van der Waals surface area contributed by atoms with Gasteiger partial charge in [0, 0.05) is 7.05 Å². The molecule has 0 aromatic carbocycles. The molecule has 0 fully saturated rings. The third-order valence-corrected chi connectivity index (χ3v) is 2.11. The second-order valence-electron chi connectivity index (χ2n) is 2.49. The number of halogens is 1. The van der Waals surface area contributed by atoms with Gasteiger partial charge in [-0.25, -0.2) is 4.98 Å². The average Bonchev–Trinajstić information content (AvgIpc) is 2.19. The predicted molar refractivity (Wildman–Crippen MR) is 45.7 cm³/mol. The Morgan fingerprint density at radius 3 is 2.64 bits per heavy atom. The third kappa shape index (κ3) is 1.54. The fourth-order valence-corrected chi connectivity index (χ4v) is 1.14. The van der Waals surface area contributed by atoms with Crippen LogP contribution in [-0.2, 0) is 13.6 Å². The lowest BCUT2D eigenvalue weighted by Gasteiger charge is -2.00. The molecule has 0 saturated carbocycles. The third-order valence-electron chi connectivity index (χ3n) is 1.75. The van der Waals surface area contributed by atoms with E-state index < -0.39 is 0 Å². The van der Waals surface area contributed by atoms with Gasteiger partial charge in [-0.05, 0) is 14.0 Å². The van der Waals surface area contributed by atoms with Gasteiger partial charge in [0.05, 0.1) is 12.2 Å². The van der Waals surface area contributed by atoms with Crippen LogP contribution in [0.4, 0.5) is 0 Å². The highest BCUT2D eigenvalue weighted by Crippen LogP contribution is 2.13. The quantitative estimate of drug-likeness (QED) is 0.726. The Kier molecular flexibility index (Phi) is 2.52. The first-order valence-corrected chi connectivity index (χ1v) is 3.87. The number of rotatable bonds is 2. The molecule has 0 unspecified atom stereocenters. The van der Waals surface area contributed by atoms with E-state index in [2.05, 4.69) is 10.3 Å². The van der Waals surface area contributed by atoms with Gasteiger partial charge < -0.3 is 9.88 Å². The van der Waals surface area contributed by atoms with Crippen LogP contribution in [0.3, 0.4) is 0 Å². The second kappa shape index (κ2) is 3.24. The van der Waals surface area contributed by atoms with E-state index in [1.807, 2.05) is 25.6 Å². The Morgan fingerprint density at radius 1 is 1.64 bits per heavy atom. The number of hydrogen-bond acceptors (Lipinski definition) is 2. The zero-order valence-electron chi connectivity index (χ0n) is 6.98. The van der Waals surface area contributed by atoms with Gasteiger partial charge in [-0.3, -0.25) is 0 Å². The Bertz CT molecular complexity index is 254. The van der Waals surface area contributed by atoms with Gasteiger partial charge in [-0.1, -0.05) is 11.6 Å². The molecular formula is C7H12ClN3. The normalized spacial score (nSPS) is 10.5. The summed E-state index contributed by atoms with van der Waals surface area (Å²) in [5.74, 6) is 0.968. The largest absolute Gasteiger partial charge is 0.333 e. The number of nitrogens with one attached hydrogen (secondary N) is 1. The molecule has 62 valence electrons. The number of imidazole rings is 1. The zero-order valence-corrected chi connectivity index (χ0v) is 7.74. The van der Waals surface area contributed by atoms with E-state index in [9.17, 15) is 0 Å². The summed E-state index contributed by atoms with van der Waals surface area (Å²) in [6.45, 7) is 2.71. The number of aromatic nitrogens is 2. The van der Waals surface area contributed by atoms with Gasteiger partial charge in [0.2, 0.25) is 0 Å². The Labute approximate surface area is 71.4 Å². The first kappa shape index (κ1) is 8.56. The van der Waals surface area contributed by atoms with Crippen LogP contribution < -0.4 is 5.32 Å². The molecule has 1 heterocycles. The van der Waals surface area contributed by atoms with Crippen molar-refractivity contribution in [3.63, 3.8) is 0 Å². The summed E-state index contributed by atoms with van der Waals surface area (Å²) in [6, 6.07) is 0. The van der Waals surface area contributed by atoms with Crippen molar-refractivity contribution in [2.24, 2.45) is 7.05 Å². The lowest BCUT2D eigenvalue weighted by Crippen LogP contribution is -2.10. The molecule has 0 saturated heterocycles. The maximum atomic E-state index is 5.81. The van der Waals surface area contributed by atoms with Crippen LogP contribution in [0.5, 0.6) is 0 Å². The van der Waals surface area contributed by atoms with Crippen molar-refractivity contribution < 1.29 is 0 Å². The van der Waals surface area contributed by atoms with Crippen LogP contribution in [0.25, 0.3) is 0 Å². The van der Waals surface area contributed by atoms with Crippen LogP contribution >= 0.6 is 11.6 Å². The highest BCUT2D eigenvalue weighted by atomic mass is 35.5. The van der Waals surface area contributed by atoms with Crippen LogP contribution in [0, 0.1) is 6.92 Å². The molecule has 0 bridgehead atoms. The van der Waals surface area contributed by atoms with Crippen molar-refractivity contribution in [3.05, 3.63) is 16.7 Å². The van der Waals surface area contributed by atoms with Crippen molar-refractivity contribution in [2.45, 2.75) is 13.5 Å². The highest BCUT2D eigenvalue weighted by Gasteiger charge is 2.06. The summed E-state index contributed by atoms with van der Waals surface area (Å²) in [6.07, 6.45) is 0. The van der Waals surface area contributed by atoms with Gasteiger partial charge in [0.15, 0.2) is 0 Å². The fourth-order valence-electron chi connectivity index (χ4n) is 0.917. The van der Waals surface area contributed by atoms with Gasteiger partial charge in [0.1, 0.15) is 11.0 Å². The molecule has 1 aromatic heterocycles. The molecule has 0 aliphatic rings. The second-order valence-corrected chi connectivity index (χ2v) is 2.85. The molecule has 1 aromatic rings. The summed E-state index contributed by atoms with van der Waals surface area (Å²) < 4.78 is 1.98. The van der Waals surface area contributed by atoms with E-state index in [4.69, 9.17) is 11.6 Å². The average molecular weight is 174 g/mol. The lowest BCUT2D eigenvalue weighted by molar-refractivity contribution is 0.701. The zero-order chi connectivity index (χ0) is 8.43. The van der Waals surface area contributed by atoms with E-state index >= 15 is 0 Å². The molecule has 0 aliphatic heterocycles. The topological polar surface area (TPSA) is 29.9 Å². The maximum absolute atomic E-state index is 5.81. The highest BCUT2D eigenvalue weighted by molar-refractivity contribution is 6.30. The molecule has 0 aliphatic carbocycles. The first-order chi connectivity index (χ1) is 5.16. The molecule has 11 heavy (non-hydrogen) atoms. The molecule has 0 amide bonds. The summed E-state index contributed by atoms with van der Waals surface area (Å²) >= 11 is 5.81. The van der Waals surface area contributed by atoms with E-state index in [1.165, 1.54) is 0 Å². The number of nitrogens with zero attached hydrogens (tertiary/aromatic N) is 2. The van der Waals surface area contributed by atoms with Crippen LogP contribution in [0.1, 0.15) is 11.5 Å². The minimum Gasteiger partial charge on any atom is -0.333 e. The Morgan fingerprint density at radius 2 is 2.27 bits per heavy atom. The minimum atomic E-state index is 0.595. The van der Waals surface area contributed by atoms with Crippen LogP contribution in [0.2, 0.25) is 5.15 Å². The van der Waals surface area contributed by atoms with Crippen LogP contribution in [-0.4, -0.2) is 16.6 Å². The van der Waals surface area contributed by atoms with E-state index in [-0.39, 0.29) is 0 Å². The van der Waals surface area contributed by atoms with Gasteiger partial charge in [-0.2, -0.15) is 0 Å². The molecule has 3 nitrogen and oxygen atoms in total. The van der Waals surface area contributed by atoms with Crippen LogP contribution in [0.15, 0.2) is 0 Å². The van der Waals surface area contributed by atoms with E-state index in [1.54, 1.807) is 0 Å². The van der Waals surface area contributed by atoms with Crippen molar-refractivity contribution in [1.82, 2.24) is 14.9 Å². The van der Waals surface area contributed by atoms with Crippen molar-refractivity contribution in [3.8, 4) is 0 Å². The SMILES string of the molecule is CNCc1nc(Cl)c(C)n1C. The molecule has 0 radical (unpaired) electrons. The molecule has 0 atom stereocenters. The van der Waals surface area contributed by atoms with Gasteiger partial charge in [0.25, 0.3) is 0 Å². The van der Waals surface area contributed by atoms with Crippen molar-refractivity contribution >= 4 is 11.6 Å². The van der Waals surface area contributed by atoms with Gasteiger partial charge in [-0.15, -0.1) is 0 Å². The monoisotopic (exact) mass is 173 g/mol. The smallest absolute Gasteiger partial charge is 0.150 e. The Hall–Kier alpha value is -0.540. The first-order valence-electron chi connectivity index (χ1n) is 3.49. The van der Waals surface area contributed by atoms with E-state index in [0.29, 0.717) is 5.15 Å². The molecule has 1 N–H and O–H groups in total. The van der Waals surface area contributed by atoms with Gasteiger partial charge >= 0.3 is 0 Å². The lowest BCUT2D eigenvalue weighted by atomic mass is 10.5. The minimum absolute atomic E-state index is 0.595. The summed E-state index contributed by atoms with van der Waals surface area (Å²) in [4.78, 5) is 4.17. The van der Waals surface area contributed by atoms with Crippen molar-refractivity contribution in [1.29, 1.82) is 0 Å². The van der Waals surface area contributed by atoms with Crippen molar-refractivity contribution in [2.75, 3.05) is 7.05 Å². The maximum Gasteiger partial charge on any atom is 0.150 e. The summed E-state index contributed by atoms with van der Waals surface area (Å²) in [5.41, 5.74) is 1.01. The summed E-state index contributed by atoms with van der Waals surface area (Å²) in [5, 5.41) is 3.62. The standard InChI is InChI=1S/C7H12ClN3/c1-5-7(8)10-6(4-9-2)11(5)3/h9H,4H2,1-3H3. The number of hydrogen-bond donors (Lipinski definition) is 1.